The summed E-state index contributed by atoms with van der Waals surface area (Å²) >= 11 is 0. The summed E-state index contributed by atoms with van der Waals surface area (Å²) in [7, 11) is 1.69. The van der Waals surface area contributed by atoms with Gasteiger partial charge < -0.3 is 4.74 Å². The van der Waals surface area contributed by atoms with Crippen molar-refractivity contribution in [3.05, 3.63) is 64.7 Å². The van der Waals surface area contributed by atoms with E-state index in [4.69, 9.17) is 10.6 Å². The third kappa shape index (κ3) is 3.43. The standard InChI is InChI=1S/C18H24N2O/c1-12(2)14-7-9-15(10-8-14)18(20-19)16-6-5-13(3)17(11-16)21-4/h5-12,18,20H,19H2,1-4H3. The van der Waals surface area contributed by atoms with Crippen LogP contribution in [-0.4, -0.2) is 7.11 Å². The molecule has 0 heterocycles. The fraction of sp³-hybridized carbons (Fsp3) is 0.333. The number of nitrogens with two attached hydrogens (primary N) is 1. The molecule has 1 atom stereocenters. The largest absolute Gasteiger partial charge is 0.496 e. The number of ether oxygens (including phenoxy) is 1. The van der Waals surface area contributed by atoms with Crippen LogP contribution < -0.4 is 16.0 Å². The number of methoxy groups -OCH3 is 1. The zero-order valence-corrected chi connectivity index (χ0v) is 13.2. The van der Waals surface area contributed by atoms with Crippen LogP contribution in [-0.2, 0) is 0 Å². The maximum atomic E-state index is 5.77. The molecule has 112 valence electrons. The Kier molecular flexibility index (Phi) is 4.99. The molecule has 2 aromatic carbocycles. The van der Waals surface area contributed by atoms with Gasteiger partial charge in [0, 0.05) is 0 Å². The van der Waals surface area contributed by atoms with Crippen molar-refractivity contribution in [2.75, 3.05) is 7.11 Å². The molecule has 2 aromatic rings. The van der Waals surface area contributed by atoms with Gasteiger partial charge in [0.2, 0.25) is 0 Å². The van der Waals surface area contributed by atoms with Crippen molar-refractivity contribution in [3.63, 3.8) is 0 Å². The first-order valence-electron chi connectivity index (χ1n) is 7.27. The van der Waals surface area contributed by atoms with E-state index in [1.807, 2.05) is 13.0 Å². The van der Waals surface area contributed by atoms with Crippen LogP contribution in [0.15, 0.2) is 42.5 Å². The first kappa shape index (κ1) is 15.5. The van der Waals surface area contributed by atoms with Gasteiger partial charge in [0.1, 0.15) is 5.75 Å². The molecule has 0 aliphatic heterocycles. The molecule has 3 nitrogen and oxygen atoms in total. The molecule has 0 spiro atoms. The van der Waals surface area contributed by atoms with Gasteiger partial charge in [-0.15, -0.1) is 0 Å². The van der Waals surface area contributed by atoms with Gasteiger partial charge in [0.25, 0.3) is 0 Å². The Labute approximate surface area is 127 Å². The van der Waals surface area contributed by atoms with E-state index in [1.165, 1.54) is 5.56 Å². The predicted octanol–water partition coefficient (Wildman–Crippen LogP) is 3.68. The average molecular weight is 284 g/mol. The lowest BCUT2D eigenvalue weighted by molar-refractivity contribution is 0.410. The van der Waals surface area contributed by atoms with Crippen LogP contribution in [0.5, 0.6) is 5.75 Å². The van der Waals surface area contributed by atoms with Gasteiger partial charge in [-0.25, -0.2) is 5.43 Å². The van der Waals surface area contributed by atoms with Gasteiger partial charge in [-0.05, 0) is 41.2 Å². The van der Waals surface area contributed by atoms with Crippen molar-refractivity contribution in [3.8, 4) is 5.75 Å². The number of hydrazine groups is 1. The highest BCUT2D eigenvalue weighted by Crippen LogP contribution is 2.28. The summed E-state index contributed by atoms with van der Waals surface area (Å²) in [6.45, 7) is 6.42. The van der Waals surface area contributed by atoms with E-state index in [2.05, 4.69) is 55.7 Å². The van der Waals surface area contributed by atoms with E-state index in [-0.39, 0.29) is 6.04 Å². The molecular formula is C18H24N2O. The van der Waals surface area contributed by atoms with Crippen LogP contribution in [0.2, 0.25) is 0 Å². The Morgan fingerprint density at radius 1 is 0.952 bits per heavy atom. The Balaban J connectivity index is 2.34. The van der Waals surface area contributed by atoms with E-state index >= 15 is 0 Å². The summed E-state index contributed by atoms with van der Waals surface area (Å²) in [6.07, 6.45) is 0. The van der Waals surface area contributed by atoms with Gasteiger partial charge in [0.05, 0.1) is 13.2 Å². The van der Waals surface area contributed by atoms with Crippen molar-refractivity contribution in [1.82, 2.24) is 5.43 Å². The first-order valence-corrected chi connectivity index (χ1v) is 7.27. The van der Waals surface area contributed by atoms with Crippen molar-refractivity contribution in [1.29, 1.82) is 0 Å². The normalized spacial score (nSPS) is 12.5. The van der Waals surface area contributed by atoms with Gasteiger partial charge in [-0.1, -0.05) is 50.2 Å². The van der Waals surface area contributed by atoms with Crippen LogP contribution in [0.1, 0.15) is 48.1 Å². The lowest BCUT2D eigenvalue weighted by Gasteiger charge is -2.19. The summed E-state index contributed by atoms with van der Waals surface area (Å²) in [4.78, 5) is 0. The topological polar surface area (TPSA) is 47.3 Å². The van der Waals surface area contributed by atoms with Gasteiger partial charge in [0.15, 0.2) is 0 Å². The second kappa shape index (κ2) is 6.74. The third-order valence-electron chi connectivity index (χ3n) is 3.87. The molecule has 3 heteroatoms. The SMILES string of the molecule is COc1cc(C(NN)c2ccc(C(C)C)cc2)ccc1C. The molecule has 0 aliphatic carbocycles. The van der Waals surface area contributed by atoms with E-state index in [9.17, 15) is 0 Å². The third-order valence-corrected chi connectivity index (χ3v) is 3.87. The van der Waals surface area contributed by atoms with Gasteiger partial charge >= 0.3 is 0 Å². The molecule has 0 saturated heterocycles. The molecule has 0 amide bonds. The number of hydrogen-bond acceptors (Lipinski definition) is 3. The highest BCUT2D eigenvalue weighted by Gasteiger charge is 2.14. The summed E-state index contributed by atoms with van der Waals surface area (Å²) in [5.74, 6) is 7.18. The zero-order chi connectivity index (χ0) is 15.4. The first-order chi connectivity index (χ1) is 10.1. The predicted molar refractivity (Wildman–Crippen MR) is 87.4 cm³/mol. The highest BCUT2D eigenvalue weighted by atomic mass is 16.5. The highest BCUT2D eigenvalue weighted by molar-refractivity contribution is 5.41. The van der Waals surface area contributed by atoms with Gasteiger partial charge in [-0.2, -0.15) is 0 Å². The molecule has 2 rings (SSSR count). The Hall–Kier alpha value is -1.84. The molecule has 0 aliphatic rings. The van der Waals surface area contributed by atoms with E-state index < -0.39 is 0 Å². The van der Waals surface area contributed by atoms with Gasteiger partial charge in [-0.3, -0.25) is 5.84 Å². The fourth-order valence-corrected chi connectivity index (χ4v) is 2.47. The maximum Gasteiger partial charge on any atom is 0.122 e. The van der Waals surface area contributed by atoms with E-state index in [1.54, 1.807) is 7.11 Å². The van der Waals surface area contributed by atoms with Crippen molar-refractivity contribution in [2.24, 2.45) is 5.84 Å². The minimum Gasteiger partial charge on any atom is -0.496 e. The molecule has 0 saturated carbocycles. The second-order valence-corrected chi connectivity index (χ2v) is 5.65. The van der Waals surface area contributed by atoms with Crippen molar-refractivity contribution >= 4 is 0 Å². The molecule has 0 fully saturated rings. The number of rotatable bonds is 5. The average Bonchev–Trinajstić information content (AvgIpc) is 2.50. The summed E-state index contributed by atoms with van der Waals surface area (Å²) in [5, 5.41) is 0. The lowest BCUT2D eigenvalue weighted by Crippen LogP contribution is -2.28. The Morgan fingerprint density at radius 3 is 2.05 bits per heavy atom. The second-order valence-electron chi connectivity index (χ2n) is 5.65. The van der Waals surface area contributed by atoms with Crippen LogP contribution in [0.25, 0.3) is 0 Å². The Bertz CT molecular complexity index is 591. The summed E-state index contributed by atoms with van der Waals surface area (Å²) < 4.78 is 5.40. The molecule has 3 N–H and O–H groups in total. The number of nitrogens with one attached hydrogen (secondary N) is 1. The van der Waals surface area contributed by atoms with Crippen molar-refractivity contribution < 1.29 is 4.74 Å². The van der Waals surface area contributed by atoms with Crippen LogP contribution in [0.4, 0.5) is 0 Å². The van der Waals surface area contributed by atoms with Crippen LogP contribution in [0.3, 0.4) is 0 Å². The fourth-order valence-electron chi connectivity index (χ4n) is 2.47. The smallest absolute Gasteiger partial charge is 0.122 e. The molecule has 21 heavy (non-hydrogen) atoms. The zero-order valence-electron chi connectivity index (χ0n) is 13.2. The molecule has 0 aromatic heterocycles. The Morgan fingerprint density at radius 2 is 1.52 bits per heavy atom. The molecule has 1 unspecified atom stereocenters. The molecule has 0 bridgehead atoms. The molecule has 0 radical (unpaired) electrons. The van der Waals surface area contributed by atoms with Crippen LogP contribution >= 0.6 is 0 Å². The number of hydrogen-bond donors (Lipinski definition) is 2. The van der Waals surface area contributed by atoms with Crippen molar-refractivity contribution in [2.45, 2.75) is 32.7 Å². The lowest BCUT2D eigenvalue weighted by atomic mass is 9.95. The minimum absolute atomic E-state index is 0.0410. The number of aryl methyl sites for hydroxylation is 1. The van der Waals surface area contributed by atoms with Crippen LogP contribution in [0, 0.1) is 6.92 Å². The molecular weight excluding hydrogens is 260 g/mol. The quantitative estimate of drug-likeness (QED) is 0.650. The summed E-state index contributed by atoms with van der Waals surface area (Å²) in [6, 6.07) is 14.7. The maximum absolute atomic E-state index is 5.77. The van der Waals surface area contributed by atoms with E-state index in [0.29, 0.717) is 5.92 Å². The summed E-state index contributed by atoms with van der Waals surface area (Å²) in [5.41, 5.74) is 7.59. The minimum atomic E-state index is -0.0410. The monoisotopic (exact) mass is 284 g/mol. The van der Waals surface area contributed by atoms with E-state index in [0.717, 1.165) is 22.4 Å². The number of benzene rings is 2.